The number of hydrogen-bond acceptors (Lipinski definition) is 2. The van der Waals surface area contributed by atoms with Gasteiger partial charge in [-0.15, -0.1) is 0 Å². The molecule has 1 aromatic rings. The van der Waals surface area contributed by atoms with Crippen molar-refractivity contribution >= 4 is 21.8 Å². The maximum absolute atomic E-state index is 12.5. The monoisotopic (exact) mass is 325 g/mol. The second-order valence-corrected chi connectivity index (χ2v) is 6.27. The molecule has 0 radical (unpaired) electrons. The molecule has 0 saturated carbocycles. The molecule has 1 fully saturated rings. The molecule has 2 rings (SSSR count). The van der Waals surface area contributed by atoms with Crippen LogP contribution in [0.4, 0.5) is 0 Å². The highest BCUT2D eigenvalue weighted by Gasteiger charge is 2.27. The average Bonchev–Trinajstić information content (AvgIpc) is 2.38. The van der Waals surface area contributed by atoms with Crippen LogP contribution in [-0.2, 0) is 0 Å². The number of amides is 1. The van der Waals surface area contributed by atoms with Gasteiger partial charge < -0.3 is 10.0 Å². The summed E-state index contributed by atoms with van der Waals surface area (Å²) in [5.74, 6) is 0.281. The molecule has 1 heterocycles. The number of hydrogen-bond donors (Lipinski definition) is 1. The number of nitrogens with zero attached hydrogens (tertiary/aromatic N) is 1. The molecule has 3 nitrogen and oxygen atoms in total. The molecule has 2 unspecified atom stereocenters. The van der Waals surface area contributed by atoms with Crippen LogP contribution in [0.5, 0.6) is 0 Å². The summed E-state index contributed by atoms with van der Waals surface area (Å²) in [5.41, 5.74) is 1.74. The Morgan fingerprint density at radius 3 is 2.89 bits per heavy atom. The molecule has 0 aromatic heterocycles. The second kappa shape index (κ2) is 6.06. The fourth-order valence-electron chi connectivity index (χ4n) is 2.63. The lowest BCUT2D eigenvalue weighted by molar-refractivity contribution is 0.0465. The Kier molecular flexibility index (Phi) is 4.63. The summed E-state index contributed by atoms with van der Waals surface area (Å²) in [6.07, 6.45) is 1.62. The van der Waals surface area contributed by atoms with E-state index in [1.54, 1.807) is 0 Å². The van der Waals surface area contributed by atoms with Gasteiger partial charge in [0.05, 0.1) is 6.10 Å². The van der Waals surface area contributed by atoms with E-state index in [2.05, 4.69) is 15.9 Å². The largest absolute Gasteiger partial charge is 0.393 e. The summed E-state index contributed by atoms with van der Waals surface area (Å²) in [6, 6.07) is 5.73. The molecule has 19 heavy (non-hydrogen) atoms. The highest BCUT2D eigenvalue weighted by Crippen LogP contribution is 2.23. The zero-order chi connectivity index (χ0) is 14.0. The molecule has 1 aliphatic heterocycles. The zero-order valence-electron chi connectivity index (χ0n) is 11.4. The van der Waals surface area contributed by atoms with Crippen LogP contribution in [0.2, 0.25) is 0 Å². The van der Waals surface area contributed by atoms with E-state index in [1.165, 1.54) is 0 Å². The lowest BCUT2D eigenvalue weighted by Gasteiger charge is -2.34. The number of rotatable bonds is 2. The minimum Gasteiger partial charge on any atom is -0.393 e. The van der Waals surface area contributed by atoms with Gasteiger partial charge in [0.15, 0.2) is 0 Å². The first kappa shape index (κ1) is 14.5. The Morgan fingerprint density at radius 1 is 1.53 bits per heavy atom. The second-order valence-electron chi connectivity index (χ2n) is 5.35. The van der Waals surface area contributed by atoms with E-state index in [-0.39, 0.29) is 17.9 Å². The van der Waals surface area contributed by atoms with E-state index >= 15 is 0 Å². The number of piperidine rings is 1. The van der Waals surface area contributed by atoms with Gasteiger partial charge in [-0.05, 0) is 50.5 Å². The van der Waals surface area contributed by atoms with Crippen LogP contribution in [0.25, 0.3) is 0 Å². The van der Waals surface area contributed by atoms with Crippen LogP contribution in [-0.4, -0.2) is 35.1 Å². The van der Waals surface area contributed by atoms with Crippen molar-refractivity contribution in [2.45, 2.75) is 32.8 Å². The number of carbonyl (C=O) groups excluding carboxylic acids is 1. The Morgan fingerprint density at radius 2 is 2.26 bits per heavy atom. The van der Waals surface area contributed by atoms with Gasteiger partial charge in [-0.2, -0.15) is 0 Å². The van der Waals surface area contributed by atoms with Crippen LogP contribution in [0.3, 0.4) is 0 Å². The highest BCUT2D eigenvalue weighted by molar-refractivity contribution is 9.10. The zero-order valence-corrected chi connectivity index (χ0v) is 13.0. The highest BCUT2D eigenvalue weighted by atomic mass is 79.9. The number of aryl methyl sites for hydroxylation is 1. The molecule has 1 amide bonds. The molecule has 4 heteroatoms. The van der Waals surface area contributed by atoms with Gasteiger partial charge in [-0.3, -0.25) is 4.79 Å². The number of aliphatic hydroxyl groups excluding tert-OH is 1. The van der Waals surface area contributed by atoms with Crippen molar-refractivity contribution in [2.75, 3.05) is 13.1 Å². The number of benzene rings is 1. The van der Waals surface area contributed by atoms with Crippen molar-refractivity contribution in [3.63, 3.8) is 0 Å². The molecule has 1 aliphatic rings. The van der Waals surface area contributed by atoms with Crippen LogP contribution in [0.1, 0.15) is 35.7 Å². The van der Waals surface area contributed by atoms with Crippen LogP contribution < -0.4 is 0 Å². The molecular weight excluding hydrogens is 306 g/mol. The topological polar surface area (TPSA) is 40.5 Å². The molecular formula is C15H20BrNO2. The Bertz CT molecular complexity index is 473. The third-order valence-corrected chi connectivity index (χ3v) is 4.34. The fourth-order valence-corrected chi connectivity index (χ4v) is 3.10. The fraction of sp³-hybridized carbons (Fsp3) is 0.533. The number of halogens is 1. The van der Waals surface area contributed by atoms with Gasteiger partial charge in [-0.25, -0.2) is 0 Å². The van der Waals surface area contributed by atoms with Crippen molar-refractivity contribution in [3.05, 3.63) is 33.8 Å². The van der Waals surface area contributed by atoms with Crippen molar-refractivity contribution in [2.24, 2.45) is 5.92 Å². The number of carbonyl (C=O) groups is 1. The molecule has 1 saturated heterocycles. The van der Waals surface area contributed by atoms with Crippen LogP contribution in [0.15, 0.2) is 22.7 Å². The number of likely N-dealkylation sites (tertiary alicyclic amines) is 1. The lowest BCUT2D eigenvalue weighted by atomic mass is 9.93. The Labute approximate surface area is 122 Å². The first-order valence-corrected chi connectivity index (χ1v) is 7.52. The molecule has 1 aromatic carbocycles. The standard InChI is InChI=1S/C15H20BrNO2/c1-10-8-13(16)5-6-14(10)15(19)17-7-3-4-12(9-17)11(2)18/h5-6,8,11-12,18H,3-4,7,9H2,1-2H3. The molecule has 2 atom stereocenters. The van der Waals surface area contributed by atoms with Crippen molar-refractivity contribution < 1.29 is 9.90 Å². The number of aliphatic hydroxyl groups is 1. The van der Waals surface area contributed by atoms with Gasteiger partial charge in [-0.1, -0.05) is 15.9 Å². The van der Waals surface area contributed by atoms with E-state index < -0.39 is 0 Å². The van der Waals surface area contributed by atoms with E-state index in [0.717, 1.165) is 35.0 Å². The summed E-state index contributed by atoms with van der Waals surface area (Å²) < 4.78 is 0.988. The van der Waals surface area contributed by atoms with Gasteiger partial charge >= 0.3 is 0 Å². The van der Waals surface area contributed by atoms with Crippen molar-refractivity contribution in [1.82, 2.24) is 4.90 Å². The van der Waals surface area contributed by atoms with Gasteiger partial charge in [0.2, 0.25) is 0 Å². The summed E-state index contributed by atoms with van der Waals surface area (Å²) in [5, 5.41) is 9.69. The van der Waals surface area contributed by atoms with Gasteiger partial charge in [0, 0.05) is 29.0 Å². The predicted octanol–water partition coefficient (Wildman–Crippen LogP) is 2.99. The predicted molar refractivity (Wildman–Crippen MR) is 79.2 cm³/mol. The van der Waals surface area contributed by atoms with E-state index in [9.17, 15) is 9.90 Å². The first-order valence-electron chi connectivity index (χ1n) is 6.72. The maximum Gasteiger partial charge on any atom is 0.254 e. The quantitative estimate of drug-likeness (QED) is 0.908. The molecule has 1 N–H and O–H groups in total. The molecule has 0 spiro atoms. The molecule has 0 bridgehead atoms. The van der Waals surface area contributed by atoms with Gasteiger partial charge in [0.1, 0.15) is 0 Å². The third-order valence-electron chi connectivity index (χ3n) is 3.85. The lowest BCUT2D eigenvalue weighted by Crippen LogP contribution is -2.43. The van der Waals surface area contributed by atoms with Gasteiger partial charge in [0.25, 0.3) is 5.91 Å². The normalized spacial score (nSPS) is 21.3. The average molecular weight is 326 g/mol. The minimum atomic E-state index is -0.346. The molecule has 104 valence electrons. The smallest absolute Gasteiger partial charge is 0.254 e. The SMILES string of the molecule is Cc1cc(Br)ccc1C(=O)N1CCCC(C(C)O)C1. The van der Waals surface area contributed by atoms with Crippen molar-refractivity contribution in [1.29, 1.82) is 0 Å². The van der Waals surface area contributed by atoms with Crippen LogP contribution >= 0.6 is 15.9 Å². The summed E-state index contributed by atoms with van der Waals surface area (Å²) in [4.78, 5) is 14.4. The summed E-state index contributed by atoms with van der Waals surface area (Å²) in [7, 11) is 0. The van der Waals surface area contributed by atoms with E-state index in [0.29, 0.717) is 6.54 Å². The van der Waals surface area contributed by atoms with E-state index in [1.807, 2.05) is 36.9 Å². The van der Waals surface area contributed by atoms with Crippen molar-refractivity contribution in [3.8, 4) is 0 Å². The maximum atomic E-state index is 12.5. The molecule has 0 aliphatic carbocycles. The van der Waals surface area contributed by atoms with Crippen LogP contribution in [0, 0.1) is 12.8 Å². The minimum absolute atomic E-state index is 0.0790. The third kappa shape index (κ3) is 3.37. The first-order chi connectivity index (χ1) is 8.99. The summed E-state index contributed by atoms with van der Waals surface area (Å²) in [6.45, 7) is 5.21. The van der Waals surface area contributed by atoms with E-state index in [4.69, 9.17) is 0 Å². The summed E-state index contributed by atoms with van der Waals surface area (Å²) >= 11 is 3.41. The Hall–Kier alpha value is -0.870. The Balaban J connectivity index is 2.15.